The van der Waals surface area contributed by atoms with Crippen LogP contribution >= 0.6 is 15.9 Å². The van der Waals surface area contributed by atoms with E-state index in [0.717, 1.165) is 30.4 Å². The molecule has 0 radical (unpaired) electrons. The summed E-state index contributed by atoms with van der Waals surface area (Å²) in [6, 6.07) is 12.9. The first kappa shape index (κ1) is 17.8. The average Bonchev–Trinajstić information content (AvgIpc) is 3.09. The summed E-state index contributed by atoms with van der Waals surface area (Å²) in [5.41, 5.74) is 1.04. The third-order valence-electron chi connectivity index (χ3n) is 3.89. The van der Waals surface area contributed by atoms with E-state index < -0.39 is 10.0 Å². The second-order valence-corrected chi connectivity index (χ2v) is 8.36. The van der Waals surface area contributed by atoms with Crippen LogP contribution in [-0.4, -0.2) is 32.4 Å². The van der Waals surface area contributed by atoms with Gasteiger partial charge in [0, 0.05) is 28.9 Å². The van der Waals surface area contributed by atoms with Gasteiger partial charge in [0.2, 0.25) is 0 Å². The molecule has 0 unspecified atom stereocenters. The van der Waals surface area contributed by atoms with Crippen molar-refractivity contribution in [3.63, 3.8) is 0 Å². The van der Waals surface area contributed by atoms with Crippen molar-refractivity contribution in [1.29, 1.82) is 0 Å². The van der Waals surface area contributed by atoms with Crippen LogP contribution < -0.4 is 10.0 Å². The maximum absolute atomic E-state index is 12.4. The summed E-state index contributed by atoms with van der Waals surface area (Å²) < 4.78 is 28.2. The average molecular weight is 424 g/mol. The van der Waals surface area contributed by atoms with Crippen molar-refractivity contribution in [2.24, 2.45) is 0 Å². The first-order valence-electron chi connectivity index (χ1n) is 7.88. The van der Waals surface area contributed by atoms with Crippen molar-refractivity contribution >= 4 is 43.4 Å². The Morgan fingerprint density at radius 3 is 2.32 bits per heavy atom. The predicted molar refractivity (Wildman–Crippen MR) is 101 cm³/mol. The molecule has 0 atom stereocenters. The topological polar surface area (TPSA) is 78.5 Å². The third-order valence-corrected chi connectivity index (χ3v) is 5.78. The standard InChI is InChI=1S/C17H18BrN3O3S/c18-13-4-3-5-15(12-13)20-25(23,24)16-8-6-14(7-9-16)19-17(22)21-10-1-2-11-21/h3-9,12,20H,1-2,10-11H2,(H,19,22). The number of nitrogens with zero attached hydrogens (tertiary/aromatic N) is 1. The number of amides is 2. The lowest BCUT2D eigenvalue weighted by atomic mass is 10.3. The maximum atomic E-state index is 12.4. The molecule has 0 spiro atoms. The van der Waals surface area contributed by atoms with E-state index in [0.29, 0.717) is 11.4 Å². The number of rotatable bonds is 4. The fraction of sp³-hybridized carbons (Fsp3) is 0.235. The molecule has 0 aliphatic carbocycles. The van der Waals surface area contributed by atoms with Crippen molar-refractivity contribution in [1.82, 2.24) is 4.90 Å². The number of sulfonamides is 1. The smallest absolute Gasteiger partial charge is 0.321 e. The van der Waals surface area contributed by atoms with E-state index in [9.17, 15) is 13.2 Å². The molecule has 1 heterocycles. The van der Waals surface area contributed by atoms with Crippen LogP contribution in [0.1, 0.15) is 12.8 Å². The molecule has 2 aromatic carbocycles. The van der Waals surface area contributed by atoms with Gasteiger partial charge in [-0.25, -0.2) is 13.2 Å². The Hall–Kier alpha value is -2.06. The number of anilines is 2. The van der Waals surface area contributed by atoms with Gasteiger partial charge < -0.3 is 10.2 Å². The molecule has 1 aliphatic heterocycles. The summed E-state index contributed by atoms with van der Waals surface area (Å²) in [6.07, 6.45) is 2.04. The zero-order chi connectivity index (χ0) is 17.9. The number of likely N-dealkylation sites (tertiary alicyclic amines) is 1. The van der Waals surface area contributed by atoms with Crippen LogP contribution in [0.3, 0.4) is 0 Å². The number of carbonyl (C=O) groups excluding carboxylic acids is 1. The van der Waals surface area contributed by atoms with Crippen LogP contribution in [0.4, 0.5) is 16.2 Å². The molecule has 8 heteroatoms. The van der Waals surface area contributed by atoms with Gasteiger partial charge >= 0.3 is 6.03 Å². The van der Waals surface area contributed by atoms with Gasteiger partial charge in [-0.1, -0.05) is 22.0 Å². The van der Waals surface area contributed by atoms with Crippen LogP contribution in [0.5, 0.6) is 0 Å². The lowest BCUT2D eigenvalue weighted by molar-refractivity contribution is 0.222. The Morgan fingerprint density at radius 1 is 1.00 bits per heavy atom. The molecule has 1 saturated heterocycles. The molecule has 1 fully saturated rings. The summed E-state index contributed by atoms with van der Waals surface area (Å²) in [7, 11) is -3.68. The fourth-order valence-electron chi connectivity index (χ4n) is 2.61. The number of benzene rings is 2. The van der Waals surface area contributed by atoms with Crippen molar-refractivity contribution < 1.29 is 13.2 Å². The predicted octanol–water partition coefficient (Wildman–Crippen LogP) is 3.88. The Labute approximate surface area is 155 Å². The lowest BCUT2D eigenvalue weighted by Gasteiger charge is -2.16. The number of halogens is 1. The van der Waals surface area contributed by atoms with E-state index >= 15 is 0 Å². The van der Waals surface area contributed by atoms with E-state index in [1.165, 1.54) is 12.1 Å². The minimum Gasteiger partial charge on any atom is -0.325 e. The van der Waals surface area contributed by atoms with E-state index in [-0.39, 0.29) is 10.9 Å². The van der Waals surface area contributed by atoms with Gasteiger partial charge in [-0.3, -0.25) is 4.72 Å². The van der Waals surface area contributed by atoms with Crippen molar-refractivity contribution in [3.8, 4) is 0 Å². The zero-order valence-corrected chi connectivity index (χ0v) is 15.8. The highest BCUT2D eigenvalue weighted by molar-refractivity contribution is 9.10. The van der Waals surface area contributed by atoms with Gasteiger partial charge in [0.15, 0.2) is 0 Å². The number of urea groups is 1. The highest BCUT2D eigenvalue weighted by Gasteiger charge is 2.18. The number of nitrogens with one attached hydrogen (secondary N) is 2. The fourth-order valence-corrected chi connectivity index (χ4v) is 4.05. The number of hydrogen-bond acceptors (Lipinski definition) is 3. The molecule has 3 rings (SSSR count). The molecule has 0 saturated carbocycles. The first-order valence-corrected chi connectivity index (χ1v) is 10.2. The van der Waals surface area contributed by atoms with Crippen molar-refractivity contribution in [2.45, 2.75) is 17.7 Å². The van der Waals surface area contributed by atoms with E-state index in [1.54, 1.807) is 35.2 Å². The number of hydrogen-bond donors (Lipinski definition) is 2. The quantitative estimate of drug-likeness (QED) is 0.782. The van der Waals surface area contributed by atoms with E-state index in [1.807, 2.05) is 6.07 Å². The van der Waals surface area contributed by atoms with Crippen molar-refractivity contribution in [2.75, 3.05) is 23.1 Å². The first-order chi connectivity index (χ1) is 11.9. The molecule has 6 nitrogen and oxygen atoms in total. The van der Waals surface area contributed by atoms with Crippen LogP contribution in [-0.2, 0) is 10.0 Å². The molecule has 2 amide bonds. The molecule has 0 bridgehead atoms. The van der Waals surface area contributed by atoms with Crippen LogP contribution in [0, 0.1) is 0 Å². The van der Waals surface area contributed by atoms with Crippen LogP contribution in [0.25, 0.3) is 0 Å². The van der Waals surface area contributed by atoms with Gasteiger partial charge in [0.1, 0.15) is 0 Å². The SMILES string of the molecule is O=C(Nc1ccc(S(=O)(=O)Nc2cccc(Br)c2)cc1)N1CCCC1. The summed E-state index contributed by atoms with van der Waals surface area (Å²) in [5, 5.41) is 2.79. The van der Waals surface area contributed by atoms with Gasteiger partial charge in [0.05, 0.1) is 4.90 Å². The monoisotopic (exact) mass is 423 g/mol. The number of carbonyl (C=O) groups is 1. The van der Waals surface area contributed by atoms with Gasteiger partial charge in [0.25, 0.3) is 10.0 Å². The molecule has 2 aromatic rings. The largest absolute Gasteiger partial charge is 0.325 e. The van der Waals surface area contributed by atoms with Gasteiger partial charge in [-0.05, 0) is 55.3 Å². The van der Waals surface area contributed by atoms with E-state index in [2.05, 4.69) is 26.0 Å². The molecule has 0 aromatic heterocycles. The van der Waals surface area contributed by atoms with Crippen LogP contribution in [0.2, 0.25) is 0 Å². The highest BCUT2D eigenvalue weighted by atomic mass is 79.9. The molecule has 25 heavy (non-hydrogen) atoms. The normalized spacial score (nSPS) is 14.4. The summed E-state index contributed by atoms with van der Waals surface area (Å²) in [4.78, 5) is 13.9. The summed E-state index contributed by atoms with van der Waals surface area (Å²) in [5.74, 6) is 0. The van der Waals surface area contributed by atoms with Crippen molar-refractivity contribution in [3.05, 3.63) is 53.0 Å². The van der Waals surface area contributed by atoms with Gasteiger partial charge in [-0.15, -0.1) is 0 Å². The second-order valence-electron chi connectivity index (χ2n) is 5.76. The minimum absolute atomic E-state index is 0.131. The summed E-state index contributed by atoms with van der Waals surface area (Å²) >= 11 is 3.31. The maximum Gasteiger partial charge on any atom is 0.321 e. The Morgan fingerprint density at radius 2 is 1.68 bits per heavy atom. The molecule has 1 aliphatic rings. The Bertz CT molecular complexity index is 863. The van der Waals surface area contributed by atoms with Gasteiger partial charge in [-0.2, -0.15) is 0 Å². The highest BCUT2D eigenvalue weighted by Crippen LogP contribution is 2.21. The minimum atomic E-state index is -3.68. The molecular formula is C17H18BrN3O3S. The van der Waals surface area contributed by atoms with Crippen LogP contribution in [0.15, 0.2) is 57.9 Å². The second kappa shape index (κ2) is 7.45. The molecule has 132 valence electrons. The summed E-state index contributed by atoms with van der Waals surface area (Å²) in [6.45, 7) is 1.52. The Kier molecular flexibility index (Phi) is 5.29. The Balaban J connectivity index is 1.69. The third kappa shape index (κ3) is 4.52. The lowest BCUT2D eigenvalue weighted by Crippen LogP contribution is -2.32. The molecular weight excluding hydrogens is 406 g/mol. The van der Waals surface area contributed by atoms with E-state index in [4.69, 9.17) is 0 Å². The zero-order valence-electron chi connectivity index (χ0n) is 13.4. The molecule has 2 N–H and O–H groups in total.